The van der Waals surface area contributed by atoms with Gasteiger partial charge < -0.3 is 15.0 Å². The number of pyridine rings is 1. The summed E-state index contributed by atoms with van der Waals surface area (Å²) in [6, 6.07) is 6.06. The highest BCUT2D eigenvalue weighted by molar-refractivity contribution is 8.00. The molecule has 1 aromatic carbocycles. The van der Waals surface area contributed by atoms with E-state index in [0.29, 0.717) is 22.4 Å². The first-order valence-corrected chi connectivity index (χ1v) is 9.90. The molecule has 4 rings (SSSR count). The first-order valence-electron chi connectivity index (χ1n) is 8.91. The summed E-state index contributed by atoms with van der Waals surface area (Å²) in [5.74, 6) is -0.380. The van der Waals surface area contributed by atoms with Crippen molar-refractivity contribution >= 4 is 40.3 Å². The van der Waals surface area contributed by atoms with Gasteiger partial charge in [-0.05, 0) is 30.7 Å². The number of fused-ring (bicyclic) bond motifs is 1. The topological polar surface area (TPSA) is 91.4 Å². The fraction of sp³-hybridized carbons (Fsp3) is 0.158. The number of hydrogen-bond donors (Lipinski definition) is 3. The Morgan fingerprint density at radius 2 is 2.00 bits per heavy atom. The van der Waals surface area contributed by atoms with Gasteiger partial charge in [-0.25, -0.2) is 28.7 Å². The Kier molecular flexibility index (Phi) is 5.52. The lowest BCUT2D eigenvalue weighted by molar-refractivity contribution is 0.593. The quantitative estimate of drug-likeness (QED) is 0.293. The first kappa shape index (κ1) is 19.1. The van der Waals surface area contributed by atoms with Crippen molar-refractivity contribution < 1.29 is 8.78 Å². The average molecular weight is 413 g/mol. The van der Waals surface area contributed by atoms with E-state index in [2.05, 4.69) is 35.0 Å². The van der Waals surface area contributed by atoms with Gasteiger partial charge in [0.25, 0.3) is 0 Å². The highest BCUT2D eigenvalue weighted by Crippen LogP contribution is 2.34. The SMILES string of the molecule is CCCSNc1ccc(F)c(Nc2ncccc2-c2ncnc3nc[nH]c23)c1F. The van der Waals surface area contributed by atoms with Gasteiger partial charge in [-0.15, -0.1) is 0 Å². The Morgan fingerprint density at radius 1 is 1.10 bits per heavy atom. The van der Waals surface area contributed by atoms with Crippen LogP contribution in [0.5, 0.6) is 0 Å². The number of hydrogen-bond acceptors (Lipinski definition) is 7. The lowest BCUT2D eigenvalue weighted by Gasteiger charge is -2.14. The number of imidazole rings is 1. The lowest BCUT2D eigenvalue weighted by atomic mass is 10.1. The molecule has 0 bridgehead atoms. The summed E-state index contributed by atoms with van der Waals surface area (Å²) in [7, 11) is 0. The lowest BCUT2D eigenvalue weighted by Crippen LogP contribution is -2.04. The molecule has 0 radical (unpaired) electrons. The van der Waals surface area contributed by atoms with E-state index in [4.69, 9.17) is 0 Å². The molecule has 3 heterocycles. The molecule has 0 aliphatic carbocycles. The van der Waals surface area contributed by atoms with Crippen molar-refractivity contribution in [1.82, 2.24) is 24.9 Å². The molecule has 0 unspecified atom stereocenters. The Bertz CT molecular complexity index is 1150. The second-order valence-electron chi connectivity index (χ2n) is 6.08. The maximum Gasteiger partial charge on any atom is 0.181 e. The molecular weight excluding hydrogens is 396 g/mol. The molecule has 0 saturated carbocycles. The summed E-state index contributed by atoms with van der Waals surface area (Å²) in [5.41, 5.74) is 2.08. The molecule has 4 aromatic rings. The molecule has 29 heavy (non-hydrogen) atoms. The molecule has 3 aromatic heterocycles. The minimum Gasteiger partial charge on any atom is -0.341 e. The summed E-state index contributed by atoms with van der Waals surface area (Å²) >= 11 is 1.36. The van der Waals surface area contributed by atoms with Crippen LogP contribution in [0.15, 0.2) is 43.1 Å². The number of H-pyrrole nitrogens is 1. The third-order valence-electron chi connectivity index (χ3n) is 4.11. The van der Waals surface area contributed by atoms with Crippen LogP contribution in [0.3, 0.4) is 0 Å². The maximum absolute atomic E-state index is 14.9. The number of nitrogens with one attached hydrogen (secondary N) is 3. The maximum atomic E-state index is 14.9. The van der Waals surface area contributed by atoms with E-state index in [1.165, 1.54) is 42.9 Å². The van der Waals surface area contributed by atoms with Crippen LogP contribution in [-0.4, -0.2) is 30.7 Å². The van der Waals surface area contributed by atoms with Crippen molar-refractivity contribution in [3.63, 3.8) is 0 Å². The second-order valence-corrected chi connectivity index (χ2v) is 6.98. The molecule has 3 N–H and O–H groups in total. The predicted molar refractivity (Wildman–Crippen MR) is 111 cm³/mol. The summed E-state index contributed by atoms with van der Waals surface area (Å²) in [6.07, 6.45) is 5.36. The number of nitrogens with zero attached hydrogens (tertiary/aromatic N) is 4. The molecule has 0 amide bonds. The van der Waals surface area contributed by atoms with Crippen LogP contribution in [0.25, 0.3) is 22.4 Å². The smallest absolute Gasteiger partial charge is 0.181 e. The zero-order chi connectivity index (χ0) is 20.2. The predicted octanol–water partition coefficient (Wildman–Crippen LogP) is 4.91. The highest BCUT2D eigenvalue weighted by atomic mass is 32.2. The third-order valence-corrected chi connectivity index (χ3v) is 5.09. The van der Waals surface area contributed by atoms with E-state index in [1.807, 2.05) is 6.92 Å². The van der Waals surface area contributed by atoms with Crippen LogP contribution in [0.1, 0.15) is 13.3 Å². The highest BCUT2D eigenvalue weighted by Gasteiger charge is 2.18. The van der Waals surface area contributed by atoms with Gasteiger partial charge in [-0.1, -0.05) is 18.9 Å². The van der Waals surface area contributed by atoms with Gasteiger partial charge >= 0.3 is 0 Å². The minimum atomic E-state index is -0.723. The number of halogens is 2. The van der Waals surface area contributed by atoms with Crippen LogP contribution < -0.4 is 10.0 Å². The molecule has 0 saturated heterocycles. The van der Waals surface area contributed by atoms with Gasteiger partial charge in [-0.3, -0.25) is 0 Å². The first-order chi connectivity index (χ1) is 14.2. The molecule has 148 valence electrons. The van der Waals surface area contributed by atoms with E-state index < -0.39 is 11.6 Å². The van der Waals surface area contributed by atoms with Gasteiger partial charge in [0.05, 0.1) is 12.0 Å². The number of anilines is 3. The Balaban J connectivity index is 1.73. The molecular formula is C19H17F2N7S. The van der Waals surface area contributed by atoms with Gasteiger partial charge in [-0.2, -0.15) is 0 Å². The zero-order valence-corrected chi connectivity index (χ0v) is 16.2. The van der Waals surface area contributed by atoms with Gasteiger partial charge in [0.2, 0.25) is 0 Å². The van der Waals surface area contributed by atoms with Crippen molar-refractivity contribution in [3.8, 4) is 11.3 Å². The van der Waals surface area contributed by atoms with Gasteiger partial charge in [0, 0.05) is 17.5 Å². The number of aromatic nitrogens is 5. The fourth-order valence-electron chi connectivity index (χ4n) is 2.76. The van der Waals surface area contributed by atoms with Crippen LogP contribution >= 0.6 is 11.9 Å². The number of benzene rings is 1. The van der Waals surface area contributed by atoms with E-state index in [9.17, 15) is 8.78 Å². The largest absolute Gasteiger partial charge is 0.341 e. The fourth-order valence-corrected chi connectivity index (χ4v) is 3.38. The van der Waals surface area contributed by atoms with Crippen LogP contribution in [0.2, 0.25) is 0 Å². The van der Waals surface area contributed by atoms with Gasteiger partial charge in [0.15, 0.2) is 11.5 Å². The van der Waals surface area contributed by atoms with Crippen molar-refractivity contribution in [1.29, 1.82) is 0 Å². The summed E-state index contributed by atoms with van der Waals surface area (Å²) < 4.78 is 32.3. The monoisotopic (exact) mass is 413 g/mol. The van der Waals surface area contributed by atoms with Crippen molar-refractivity contribution in [2.24, 2.45) is 0 Å². The van der Waals surface area contributed by atoms with E-state index in [-0.39, 0.29) is 17.2 Å². The van der Waals surface area contributed by atoms with E-state index in [1.54, 1.807) is 12.1 Å². The van der Waals surface area contributed by atoms with Crippen molar-refractivity contribution in [2.75, 3.05) is 15.8 Å². The number of rotatable bonds is 7. The second kappa shape index (κ2) is 8.39. The third kappa shape index (κ3) is 3.83. The van der Waals surface area contributed by atoms with Crippen LogP contribution in [0.4, 0.5) is 26.0 Å². The Labute approximate surface area is 169 Å². The van der Waals surface area contributed by atoms with Gasteiger partial charge in [0.1, 0.15) is 34.9 Å². The zero-order valence-electron chi connectivity index (χ0n) is 15.4. The van der Waals surface area contributed by atoms with Crippen molar-refractivity contribution in [2.45, 2.75) is 13.3 Å². The molecule has 10 heteroatoms. The molecule has 0 atom stereocenters. The van der Waals surface area contributed by atoms with E-state index >= 15 is 0 Å². The van der Waals surface area contributed by atoms with Crippen LogP contribution in [-0.2, 0) is 0 Å². The average Bonchev–Trinajstić information content (AvgIpc) is 3.22. The van der Waals surface area contributed by atoms with Crippen molar-refractivity contribution in [3.05, 3.63) is 54.8 Å². The molecule has 0 spiro atoms. The molecule has 0 aliphatic rings. The van der Waals surface area contributed by atoms with Crippen LogP contribution in [0, 0.1) is 11.6 Å². The summed E-state index contributed by atoms with van der Waals surface area (Å²) in [4.78, 5) is 19.8. The molecule has 0 fully saturated rings. The minimum absolute atomic E-state index is 0.197. The normalized spacial score (nSPS) is 11.0. The Hall–Kier alpha value is -3.27. The Morgan fingerprint density at radius 3 is 2.86 bits per heavy atom. The molecule has 0 aliphatic heterocycles. The summed E-state index contributed by atoms with van der Waals surface area (Å²) in [5, 5.41) is 2.79. The standard InChI is InChI=1S/C19H17F2N7S/c1-2-8-29-28-13-6-5-12(20)16(14(13)21)27-18-11(4-3-7-22-18)15-17-19(25-9-23-15)26-10-24-17/h3-7,9-10,28H,2,8H2,1H3,(H,22,27)(H,23,24,25,26). The summed E-state index contributed by atoms with van der Waals surface area (Å²) in [6.45, 7) is 2.02. The number of aromatic amines is 1. The van der Waals surface area contributed by atoms with E-state index in [0.717, 1.165) is 12.2 Å². The molecule has 7 nitrogen and oxygen atoms in total.